The predicted octanol–water partition coefficient (Wildman–Crippen LogP) is 1.12. The molecule has 1 amide bonds. The van der Waals surface area contributed by atoms with Crippen molar-refractivity contribution in [3.05, 3.63) is 24.0 Å². The summed E-state index contributed by atoms with van der Waals surface area (Å²) in [5.74, 6) is 0.896. The summed E-state index contributed by atoms with van der Waals surface area (Å²) in [5.41, 5.74) is 6.90. The topological polar surface area (TPSA) is 68.0 Å². The van der Waals surface area contributed by atoms with Gasteiger partial charge in [0.1, 0.15) is 0 Å². The van der Waals surface area contributed by atoms with Gasteiger partial charge in [0.2, 0.25) is 5.91 Å². The fraction of sp³-hybridized carbons (Fsp3) is 0.500. The molecule has 0 radical (unpaired) electrons. The summed E-state index contributed by atoms with van der Waals surface area (Å²) in [6, 6.07) is 3.55. The number of nitrogens with two attached hydrogens (primary N) is 1. The van der Waals surface area contributed by atoms with Gasteiger partial charge in [-0.25, -0.2) is 0 Å². The van der Waals surface area contributed by atoms with Crippen molar-refractivity contribution in [3.63, 3.8) is 0 Å². The molecule has 0 unspecified atom stereocenters. The lowest BCUT2D eigenvalue weighted by Gasteiger charge is -2.04. The summed E-state index contributed by atoms with van der Waals surface area (Å²) >= 11 is 0. The number of amides is 1. The van der Waals surface area contributed by atoms with Gasteiger partial charge in [0.25, 0.3) is 0 Å². The molecule has 0 aromatic carbocycles. The number of nitrogens with zero attached hydrogens (tertiary/aromatic N) is 1. The first-order valence-corrected chi connectivity index (χ1v) is 5.71. The summed E-state index contributed by atoms with van der Waals surface area (Å²) < 4.78 is 0. The maximum atomic E-state index is 11.5. The van der Waals surface area contributed by atoms with Gasteiger partial charge in [-0.2, -0.15) is 0 Å². The van der Waals surface area contributed by atoms with Crippen LogP contribution in [0.15, 0.2) is 18.3 Å². The molecule has 1 aliphatic rings. The SMILES string of the molecule is Nc1ccc(CC(=O)NCCC2CC2)nc1. The highest BCUT2D eigenvalue weighted by molar-refractivity contribution is 5.78. The third-order valence-electron chi connectivity index (χ3n) is 2.76. The van der Waals surface area contributed by atoms with Gasteiger partial charge >= 0.3 is 0 Å². The number of rotatable bonds is 5. The number of hydrogen-bond donors (Lipinski definition) is 2. The third kappa shape index (κ3) is 3.53. The number of anilines is 1. The van der Waals surface area contributed by atoms with E-state index in [1.54, 1.807) is 18.3 Å². The minimum Gasteiger partial charge on any atom is -0.397 e. The Balaban J connectivity index is 1.70. The van der Waals surface area contributed by atoms with Crippen LogP contribution in [-0.2, 0) is 11.2 Å². The monoisotopic (exact) mass is 219 g/mol. The van der Waals surface area contributed by atoms with E-state index in [0.717, 1.165) is 24.6 Å². The van der Waals surface area contributed by atoms with E-state index in [0.29, 0.717) is 12.1 Å². The summed E-state index contributed by atoms with van der Waals surface area (Å²) in [6.07, 6.45) is 5.68. The maximum Gasteiger partial charge on any atom is 0.226 e. The third-order valence-corrected chi connectivity index (χ3v) is 2.76. The second-order valence-corrected chi connectivity index (χ2v) is 4.34. The molecule has 1 fully saturated rings. The van der Waals surface area contributed by atoms with Crippen LogP contribution in [0.25, 0.3) is 0 Å². The fourth-order valence-electron chi connectivity index (χ4n) is 1.59. The zero-order chi connectivity index (χ0) is 11.4. The quantitative estimate of drug-likeness (QED) is 0.779. The number of pyridine rings is 1. The van der Waals surface area contributed by atoms with E-state index < -0.39 is 0 Å². The number of nitrogen functional groups attached to an aromatic ring is 1. The Hall–Kier alpha value is -1.58. The van der Waals surface area contributed by atoms with Crippen LogP contribution in [0.2, 0.25) is 0 Å². The zero-order valence-corrected chi connectivity index (χ0v) is 9.28. The Morgan fingerprint density at radius 2 is 2.31 bits per heavy atom. The highest BCUT2D eigenvalue weighted by atomic mass is 16.1. The molecule has 16 heavy (non-hydrogen) atoms. The molecule has 1 aromatic heterocycles. The minimum atomic E-state index is 0.0397. The van der Waals surface area contributed by atoms with Gasteiger partial charge in [-0.05, 0) is 24.5 Å². The Morgan fingerprint density at radius 1 is 1.50 bits per heavy atom. The first-order chi connectivity index (χ1) is 7.74. The molecule has 4 nitrogen and oxygen atoms in total. The van der Waals surface area contributed by atoms with Gasteiger partial charge in [0.15, 0.2) is 0 Å². The summed E-state index contributed by atoms with van der Waals surface area (Å²) in [7, 11) is 0. The number of hydrogen-bond acceptors (Lipinski definition) is 3. The molecule has 0 atom stereocenters. The minimum absolute atomic E-state index is 0.0397. The van der Waals surface area contributed by atoms with Crippen LogP contribution in [0.5, 0.6) is 0 Å². The van der Waals surface area contributed by atoms with Crippen LogP contribution in [0, 0.1) is 5.92 Å². The number of carbonyl (C=O) groups is 1. The van der Waals surface area contributed by atoms with Crippen molar-refractivity contribution in [2.45, 2.75) is 25.7 Å². The Kier molecular flexibility index (Phi) is 3.39. The first-order valence-electron chi connectivity index (χ1n) is 5.71. The lowest BCUT2D eigenvalue weighted by atomic mass is 10.2. The molecular weight excluding hydrogens is 202 g/mol. The van der Waals surface area contributed by atoms with Gasteiger partial charge < -0.3 is 11.1 Å². The molecule has 1 aliphatic carbocycles. The van der Waals surface area contributed by atoms with Crippen molar-refractivity contribution >= 4 is 11.6 Å². The molecule has 3 N–H and O–H groups in total. The van der Waals surface area contributed by atoms with E-state index in [1.165, 1.54) is 12.8 Å². The van der Waals surface area contributed by atoms with Crippen molar-refractivity contribution in [1.82, 2.24) is 10.3 Å². The van der Waals surface area contributed by atoms with Crippen LogP contribution < -0.4 is 11.1 Å². The smallest absolute Gasteiger partial charge is 0.226 e. The number of aromatic nitrogens is 1. The van der Waals surface area contributed by atoms with Crippen molar-refractivity contribution in [2.75, 3.05) is 12.3 Å². The standard InChI is InChI=1S/C12H17N3O/c13-10-3-4-11(15-8-10)7-12(16)14-6-5-9-1-2-9/h3-4,8-9H,1-2,5-7,13H2,(H,14,16). The first kappa shape index (κ1) is 10.9. The second kappa shape index (κ2) is 4.96. The van der Waals surface area contributed by atoms with Crippen LogP contribution in [-0.4, -0.2) is 17.4 Å². The lowest BCUT2D eigenvalue weighted by Crippen LogP contribution is -2.26. The lowest BCUT2D eigenvalue weighted by molar-refractivity contribution is -0.120. The summed E-state index contributed by atoms with van der Waals surface area (Å²) in [6.45, 7) is 0.790. The fourth-order valence-corrected chi connectivity index (χ4v) is 1.59. The van der Waals surface area contributed by atoms with E-state index in [1.807, 2.05) is 0 Å². The molecule has 2 rings (SSSR count). The van der Waals surface area contributed by atoms with Gasteiger partial charge in [-0.1, -0.05) is 12.8 Å². The van der Waals surface area contributed by atoms with E-state index >= 15 is 0 Å². The van der Waals surface area contributed by atoms with E-state index in [4.69, 9.17) is 5.73 Å². The average molecular weight is 219 g/mol. The van der Waals surface area contributed by atoms with Gasteiger partial charge in [-0.3, -0.25) is 9.78 Å². The van der Waals surface area contributed by atoms with Crippen LogP contribution in [0.4, 0.5) is 5.69 Å². The Bertz CT molecular complexity index is 357. The van der Waals surface area contributed by atoms with Crippen molar-refractivity contribution in [1.29, 1.82) is 0 Å². The second-order valence-electron chi connectivity index (χ2n) is 4.34. The highest BCUT2D eigenvalue weighted by Gasteiger charge is 2.20. The van der Waals surface area contributed by atoms with Crippen LogP contribution in [0.1, 0.15) is 25.0 Å². The maximum absolute atomic E-state index is 11.5. The summed E-state index contributed by atoms with van der Waals surface area (Å²) in [4.78, 5) is 15.6. The van der Waals surface area contributed by atoms with Crippen LogP contribution in [0.3, 0.4) is 0 Å². The van der Waals surface area contributed by atoms with Crippen molar-refractivity contribution in [2.24, 2.45) is 5.92 Å². The van der Waals surface area contributed by atoms with E-state index in [9.17, 15) is 4.79 Å². The molecule has 0 spiro atoms. The molecule has 1 aromatic rings. The Morgan fingerprint density at radius 3 is 2.94 bits per heavy atom. The summed E-state index contributed by atoms with van der Waals surface area (Å²) in [5, 5.41) is 2.91. The van der Waals surface area contributed by atoms with Crippen molar-refractivity contribution in [3.8, 4) is 0 Å². The number of nitrogens with one attached hydrogen (secondary N) is 1. The molecule has 0 saturated heterocycles. The highest BCUT2D eigenvalue weighted by Crippen LogP contribution is 2.31. The normalized spacial score (nSPS) is 14.8. The molecule has 0 bridgehead atoms. The average Bonchev–Trinajstić information content (AvgIpc) is 3.05. The van der Waals surface area contributed by atoms with E-state index in [2.05, 4.69) is 10.3 Å². The van der Waals surface area contributed by atoms with Gasteiger partial charge in [0.05, 0.1) is 18.3 Å². The predicted molar refractivity (Wildman–Crippen MR) is 62.7 cm³/mol. The molecule has 4 heteroatoms. The largest absolute Gasteiger partial charge is 0.397 e. The van der Waals surface area contributed by atoms with E-state index in [-0.39, 0.29) is 5.91 Å². The molecule has 1 saturated carbocycles. The zero-order valence-electron chi connectivity index (χ0n) is 9.28. The number of carbonyl (C=O) groups excluding carboxylic acids is 1. The van der Waals surface area contributed by atoms with Crippen molar-refractivity contribution < 1.29 is 4.79 Å². The van der Waals surface area contributed by atoms with Crippen LogP contribution >= 0.6 is 0 Å². The molecular formula is C12H17N3O. The molecule has 1 heterocycles. The molecule has 86 valence electrons. The van der Waals surface area contributed by atoms with Gasteiger partial charge in [0, 0.05) is 12.2 Å². The van der Waals surface area contributed by atoms with Gasteiger partial charge in [-0.15, -0.1) is 0 Å². The molecule has 0 aliphatic heterocycles. The Labute approximate surface area is 95.3 Å².